The van der Waals surface area contributed by atoms with Gasteiger partial charge in [-0.3, -0.25) is 9.59 Å². The Kier molecular flexibility index (Phi) is 8.06. The molecule has 5 nitrogen and oxygen atoms in total. The maximum atomic E-state index is 11.3. The predicted molar refractivity (Wildman–Crippen MR) is 81.2 cm³/mol. The number of carbonyl (C=O) groups excluding carboxylic acids is 2. The van der Waals surface area contributed by atoms with Gasteiger partial charge in [-0.2, -0.15) is 0 Å². The minimum absolute atomic E-state index is 0.303. The first-order chi connectivity index (χ1) is 9.71. The third-order valence-electron chi connectivity index (χ3n) is 3.07. The van der Waals surface area contributed by atoms with Crippen molar-refractivity contribution >= 4 is 23.5 Å². The molecule has 1 saturated heterocycles. The number of nitrogens with one attached hydrogen (secondary N) is 1. The standard InChI is InChI=1S/C8H16N2O.C6H7NOS/c1-9-5-4-8(11)10-6-2-3-7-10;1-2-5-3-7-6(4-8)9-5/h9H,2-7H2,1H3;3-4H,2H2,1H3. The van der Waals surface area contributed by atoms with Crippen LogP contribution in [0.15, 0.2) is 6.20 Å². The van der Waals surface area contributed by atoms with Crippen molar-refractivity contribution in [3.63, 3.8) is 0 Å². The first kappa shape index (κ1) is 16.8. The number of rotatable bonds is 5. The van der Waals surface area contributed by atoms with E-state index in [1.54, 1.807) is 6.20 Å². The summed E-state index contributed by atoms with van der Waals surface area (Å²) in [6.07, 6.45) is 6.51. The van der Waals surface area contributed by atoms with Gasteiger partial charge in [-0.1, -0.05) is 6.92 Å². The zero-order chi connectivity index (χ0) is 14.8. The van der Waals surface area contributed by atoms with Crippen molar-refractivity contribution in [3.8, 4) is 0 Å². The molecule has 112 valence electrons. The lowest BCUT2D eigenvalue weighted by Crippen LogP contribution is -2.29. The van der Waals surface area contributed by atoms with Crippen LogP contribution >= 0.6 is 11.3 Å². The van der Waals surface area contributed by atoms with E-state index in [0.29, 0.717) is 17.3 Å². The summed E-state index contributed by atoms with van der Waals surface area (Å²) in [6, 6.07) is 0. The van der Waals surface area contributed by atoms with Crippen molar-refractivity contribution < 1.29 is 9.59 Å². The van der Waals surface area contributed by atoms with E-state index in [1.807, 2.05) is 18.9 Å². The molecule has 6 heteroatoms. The molecule has 2 heterocycles. The number of aromatic nitrogens is 1. The smallest absolute Gasteiger partial charge is 0.223 e. The molecule has 2 rings (SSSR count). The summed E-state index contributed by atoms with van der Waals surface area (Å²) in [5.74, 6) is 0.303. The number of likely N-dealkylation sites (tertiary alicyclic amines) is 1. The summed E-state index contributed by atoms with van der Waals surface area (Å²) >= 11 is 1.45. The van der Waals surface area contributed by atoms with Gasteiger partial charge in [-0.15, -0.1) is 11.3 Å². The van der Waals surface area contributed by atoms with Gasteiger partial charge < -0.3 is 10.2 Å². The van der Waals surface area contributed by atoms with Gasteiger partial charge >= 0.3 is 0 Å². The fraction of sp³-hybridized carbons (Fsp3) is 0.643. The monoisotopic (exact) mass is 297 g/mol. The average molecular weight is 297 g/mol. The summed E-state index contributed by atoms with van der Waals surface area (Å²) in [5.41, 5.74) is 0. The van der Waals surface area contributed by atoms with Crippen LogP contribution < -0.4 is 5.32 Å². The van der Waals surface area contributed by atoms with Crippen LogP contribution in [0.25, 0.3) is 0 Å². The second kappa shape index (κ2) is 9.61. The summed E-state index contributed by atoms with van der Waals surface area (Å²) in [7, 11) is 1.87. The average Bonchev–Trinajstić information content (AvgIpc) is 3.15. The third kappa shape index (κ3) is 5.79. The molecule has 1 amide bonds. The highest BCUT2D eigenvalue weighted by Crippen LogP contribution is 2.10. The molecule has 0 aromatic carbocycles. The molecule has 0 saturated carbocycles. The zero-order valence-electron chi connectivity index (χ0n) is 12.2. The van der Waals surface area contributed by atoms with Crippen molar-refractivity contribution in [2.75, 3.05) is 26.7 Å². The van der Waals surface area contributed by atoms with Gasteiger partial charge in [0.15, 0.2) is 11.3 Å². The maximum absolute atomic E-state index is 11.3. The van der Waals surface area contributed by atoms with Gasteiger partial charge in [0, 0.05) is 37.1 Å². The van der Waals surface area contributed by atoms with E-state index in [1.165, 1.54) is 24.2 Å². The van der Waals surface area contributed by atoms with Crippen molar-refractivity contribution in [2.45, 2.75) is 32.6 Å². The number of carbonyl (C=O) groups is 2. The van der Waals surface area contributed by atoms with E-state index in [-0.39, 0.29) is 0 Å². The largest absolute Gasteiger partial charge is 0.343 e. The Balaban J connectivity index is 0.000000204. The first-order valence-corrected chi connectivity index (χ1v) is 7.85. The van der Waals surface area contributed by atoms with Gasteiger partial charge in [-0.25, -0.2) is 4.98 Å². The van der Waals surface area contributed by atoms with Gasteiger partial charge in [0.1, 0.15) is 0 Å². The Hall–Kier alpha value is -1.27. The van der Waals surface area contributed by atoms with Crippen LogP contribution in [0.2, 0.25) is 0 Å². The molecule has 0 aliphatic carbocycles. The highest BCUT2D eigenvalue weighted by Gasteiger charge is 2.16. The van der Waals surface area contributed by atoms with Crippen LogP contribution in [0.1, 0.15) is 40.9 Å². The number of nitrogens with zero attached hydrogens (tertiary/aromatic N) is 2. The van der Waals surface area contributed by atoms with Crippen LogP contribution in [0, 0.1) is 0 Å². The van der Waals surface area contributed by atoms with Gasteiger partial charge in [-0.05, 0) is 26.3 Å². The zero-order valence-corrected chi connectivity index (χ0v) is 13.0. The minimum atomic E-state index is 0.303. The number of aryl methyl sites for hydroxylation is 1. The van der Waals surface area contributed by atoms with E-state index >= 15 is 0 Å². The maximum Gasteiger partial charge on any atom is 0.223 e. The second-order valence-electron chi connectivity index (χ2n) is 4.58. The van der Waals surface area contributed by atoms with E-state index in [9.17, 15) is 9.59 Å². The molecule has 0 atom stereocenters. The molecule has 0 radical (unpaired) electrons. The lowest BCUT2D eigenvalue weighted by Gasteiger charge is -2.14. The number of thiazole rings is 1. The lowest BCUT2D eigenvalue weighted by atomic mass is 10.4. The number of hydrogen-bond donors (Lipinski definition) is 1. The van der Waals surface area contributed by atoms with E-state index < -0.39 is 0 Å². The summed E-state index contributed by atoms with van der Waals surface area (Å²) in [6.45, 7) is 4.79. The van der Waals surface area contributed by atoms with E-state index in [0.717, 1.165) is 37.2 Å². The molecule has 0 unspecified atom stereocenters. The topological polar surface area (TPSA) is 62.3 Å². The molecule has 0 bridgehead atoms. The highest BCUT2D eigenvalue weighted by molar-refractivity contribution is 7.13. The highest BCUT2D eigenvalue weighted by atomic mass is 32.1. The third-order valence-corrected chi connectivity index (χ3v) is 4.14. The SMILES string of the molecule is CCc1cnc(C=O)s1.CNCCC(=O)N1CCCC1. The van der Waals surface area contributed by atoms with Crippen LogP contribution in [0.5, 0.6) is 0 Å². The summed E-state index contributed by atoms with van der Waals surface area (Å²) in [5, 5.41) is 3.55. The van der Waals surface area contributed by atoms with E-state index in [4.69, 9.17) is 0 Å². The molecular weight excluding hydrogens is 274 g/mol. The Morgan fingerprint density at radius 2 is 2.20 bits per heavy atom. The normalized spacial score (nSPS) is 13.8. The molecule has 1 fully saturated rings. The molecule has 1 aliphatic rings. The first-order valence-electron chi connectivity index (χ1n) is 7.03. The van der Waals surface area contributed by atoms with E-state index in [2.05, 4.69) is 10.3 Å². The van der Waals surface area contributed by atoms with Crippen LogP contribution in [-0.4, -0.2) is 48.8 Å². The molecule has 1 N–H and O–H groups in total. The Bertz CT molecular complexity index is 414. The van der Waals surface area contributed by atoms with Gasteiger partial charge in [0.25, 0.3) is 0 Å². The second-order valence-corrected chi connectivity index (χ2v) is 5.72. The quantitative estimate of drug-likeness (QED) is 0.841. The number of amides is 1. The number of aldehydes is 1. The van der Waals surface area contributed by atoms with Gasteiger partial charge in [0.05, 0.1) is 0 Å². The summed E-state index contributed by atoms with van der Waals surface area (Å²) in [4.78, 5) is 28.3. The van der Waals surface area contributed by atoms with Crippen LogP contribution in [-0.2, 0) is 11.2 Å². The van der Waals surface area contributed by atoms with Crippen molar-refractivity contribution in [1.82, 2.24) is 15.2 Å². The number of hydrogen-bond acceptors (Lipinski definition) is 5. The molecule has 1 aromatic heterocycles. The van der Waals surface area contributed by atoms with Crippen molar-refractivity contribution in [1.29, 1.82) is 0 Å². The molecule has 1 aromatic rings. The molecular formula is C14H23N3O2S. The molecule has 20 heavy (non-hydrogen) atoms. The Labute approximate surface area is 124 Å². The van der Waals surface area contributed by atoms with Crippen molar-refractivity contribution in [2.24, 2.45) is 0 Å². The molecule has 1 aliphatic heterocycles. The minimum Gasteiger partial charge on any atom is -0.343 e. The summed E-state index contributed by atoms with van der Waals surface area (Å²) < 4.78 is 0. The van der Waals surface area contributed by atoms with Gasteiger partial charge in [0.2, 0.25) is 5.91 Å². The van der Waals surface area contributed by atoms with Crippen LogP contribution in [0.4, 0.5) is 0 Å². The Morgan fingerprint density at radius 1 is 1.50 bits per heavy atom. The van der Waals surface area contributed by atoms with Crippen LogP contribution in [0.3, 0.4) is 0 Å². The van der Waals surface area contributed by atoms with Crippen molar-refractivity contribution in [3.05, 3.63) is 16.1 Å². The fourth-order valence-corrected chi connectivity index (χ4v) is 2.57. The lowest BCUT2D eigenvalue weighted by molar-refractivity contribution is -0.129. The molecule has 0 spiro atoms. The Morgan fingerprint density at radius 3 is 2.65 bits per heavy atom. The predicted octanol–water partition coefficient (Wildman–Crippen LogP) is 1.74. The fourth-order valence-electron chi connectivity index (χ4n) is 1.90.